The molecule has 1 fully saturated rings. The molecule has 0 aliphatic heterocycles. The third-order valence-electron chi connectivity index (χ3n) is 4.28. The largest absolute Gasteiger partial charge is 0.383 e. The van der Waals surface area contributed by atoms with Crippen molar-refractivity contribution in [2.24, 2.45) is 0 Å². The molecular formula is C20H35ClN4O2. The average Bonchev–Trinajstić information content (AvgIpc) is 3.30. The van der Waals surface area contributed by atoms with Crippen LogP contribution in [0.25, 0.3) is 11.2 Å². The number of nitrogens with one attached hydrogen (secondary N) is 1. The van der Waals surface area contributed by atoms with Gasteiger partial charge in [0.2, 0.25) is 0 Å². The van der Waals surface area contributed by atoms with Crippen LogP contribution in [0.5, 0.6) is 0 Å². The molecule has 0 radical (unpaired) electrons. The van der Waals surface area contributed by atoms with Gasteiger partial charge in [0.1, 0.15) is 10.7 Å². The van der Waals surface area contributed by atoms with E-state index in [1.165, 1.54) is 32.8 Å². The van der Waals surface area contributed by atoms with Crippen molar-refractivity contribution in [1.29, 1.82) is 0 Å². The number of aromatic nitrogens is 3. The maximum atomic E-state index is 8.60. The molecule has 3 rings (SSSR count). The van der Waals surface area contributed by atoms with Crippen molar-refractivity contribution >= 4 is 28.5 Å². The van der Waals surface area contributed by atoms with E-state index in [2.05, 4.69) is 31.5 Å². The van der Waals surface area contributed by atoms with Crippen molar-refractivity contribution in [2.45, 2.75) is 78.6 Å². The average molecular weight is 399 g/mol. The highest BCUT2D eigenvalue weighted by Gasteiger charge is 2.20. The summed E-state index contributed by atoms with van der Waals surface area (Å²) >= 11 is 6.15. The lowest BCUT2D eigenvalue weighted by molar-refractivity contribution is -0.155. The molecule has 0 spiro atoms. The Hall–Kier alpha value is -1.37. The van der Waals surface area contributed by atoms with Crippen LogP contribution in [0.4, 0.5) is 5.69 Å². The standard InChI is InChI=1S/C14H19ClN4.C4H10O2.C2H6/c1-2-7-16-11-8-12(15)18-14-13(11)17-9-19(14)10-5-3-4-6-10;1-4(2,5)6-3;1-2/h8-10H,2-7H2,1H3,(H,16,18);5H,1-3H3;1-2H3. The topological polar surface area (TPSA) is 72.2 Å². The van der Waals surface area contributed by atoms with Crippen molar-refractivity contribution in [3.05, 3.63) is 17.5 Å². The SMILES string of the molecule is CC.CCCNc1cc(Cl)nc2c1ncn2C1CCCC1.COC(C)(C)O. The predicted molar refractivity (Wildman–Crippen MR) is 113 cm³/mol. The van der Waals surface area contributed by atoms with Gasteiger partial charge in [0.05, 0.1) is 12.0 Å². The van der Waals surface area contributed by atoms with Gasteiger partial charge in [0, 0.05) is 25.8 Å². The van der Waals surface area contributed by atoms with Crippen LogP contribution in [0.15, 0.2) is 12.4 Å². The molecule has 0 saturated heterocycles. The monoisotopic (exact) mass is 398 g/mol. The molecule has 2 aromatic rings. The number of nitrogens with zero attached hydrogens (tertiary/aromatic N) is 3. The molecule has 0 unspecified atom stereocenters. The van der Waals surface area contributed by atoms with Crippen LogP contribution in [0.2, 0.25) is 5.15 Å². The lowest BCUT2D eigenvalue weighted by atomic mass is 10.2. The quantitative estimate of drug-likeness (QED) is 0.520. The number of rotatable bonds is 5. The first-order valence-corrected chi connectivity index (χ1v) is 10.3. The van der Waals surface area contributed by atoms with Crippen LogP contribution in [-0.4, -0.2) is 39.1 Å². The van der Waals surface area contributed by atoms with E-state index in [9.17, 15) is 0 Å². The summed E-state index contributed by atoms with van der Waals surface area (Å²) in [6.07, 6.45) is 8.03. The van der Waals surface area contributed by atoms with E-state index in [0.717, 1.165) is 29.8 Å². The third-order valence-corrected chi connectivity index (χ3v) is 4.48. The molecule has 0 atom stereocenters. The zero-order valence-corrected chi connectivity index (χ0v) is 18.3. The molecule has 154 valence electrons. The molecule has 2 aromatic heterocycles. The summed E-state index contributed by atoms with van der Waals surface area (Å²) < 4.78 is 6.69. The van der Waals surface area contributed by atoms with E-state index in [1.807, 2.05) is 26.2 Å². The van der Waals surface area contributed by atoms with Crippen molar-refractivity contribution < 1.29 is 9.84 Å². The Labute approximate surface area is 168 Å². The zero-order valence-electron chi connectivity index (χ0n) is 17.5. The molecule has 1 saturated carbocycles. The van der Waals surface area contributed by atoms with Gasteiger partial charge in [0.15, 0.2) is 11.4 Å². The van der Waals surface area contributed by atoms with E-state index in [1.54, 1.807) is 13.8 Å². The number of halogens is 1. The van der Waals surface area contributed by atoms with Crippen molar-refractivity contribution in [1.82, 2.24) is 14.5 Å². The van der Waals surface area contributed by atoms with Crippen molar-refractivity contribution in [3.8, 4) is 0 Å². The molecule has 2 N–H and O–H groups in total. The van der Waals surface area contributed by atoms with E-state index < -0.39 is 5.79 Å². The summed E-state index contributed by atoms with van der Waals surface area (Å²) in [6.45, 7) is 10.2. The molecular weight excluding hydrogens is 364 g/mol. The Balaban J connectivity index is 0.000000392. The van der Waals surface area contributed by atoms with E-state index in [4.69, 9.17) is 16.7 Å². The lowest BCUT2D eigenvalue weighted by Crippen LogP contribution is -2.20. The summed E-state index contributed by atoms with van der Waals surface area (Å²) in [6, 6.07) is 2.40. The van der Waals surface area contributed by atoms with Crippen LogP contribution in [0.3, 0.4) is 0 Å². The second kappa shape index (κ2) is 11.5. The van der Waals surface area contributed by atoms with Gasteiger partial charge >= 0.3 is 0 Å². The first-order chi connectivity index (χ1) is 12.9. The van der Waals surface area contributed by atoms with Crippen LogP contribution in [-0.2, 0) is 4.74 Å². The summed E-state index contributed by atoms with van der Waals surface area (Å²) in [5.74, 6) is -0.958. The fourth-order valence-electron chi connectivity index (χ4n) is 2.82. The Morgan fingerprint density at radius 3 is 2.44 bits per heavy atom. The highest BCUT2D eigenvalue weighted by atomic mass is 35.5. The van der Waals surface area contributed by atoms with Crippen LogP contribution >= 0.6 is 11.6 Å². The van der Waals surface area contributed by atoms with Gasteiger partial charge in [-0.1, -0.05) is 45.2 Å². The van der Waals surface area contributed by atoms with Gasteiger partial charge < -0.3 is 19.7 Å². The maximum absolute atomic E-state index is 8.60. The van der Waals surface area contributed by atoms with Crippen LogP contribution in [0.1, 0.15) is 72.8 Å². The molecule has 6 nitrogen and oxygen atoms in total. The minimum atomic E-state index is -0.958. The van der Waals surface area contributed by atoms with Gasteiger partial charge in [-0.3, -0.25) is 0 Å². The van der Waals surface area contributed by atoms with Gasteiger partial charge in [-0.05, 0) is 33.1 Å². The second-order valence-corrected chi connectivity index (χ2v) is 7.22. The van der Waals surface area contributed by atoms with Gasteiger partial charge in [0.25, 0.3) is 0 Å². The second-order valence-electron chi connectivity index (χ2n) is 6.83. The number of anilines is 1. The normalized spacial score (nSPS) is 14.4. The molecule has 1 aliphatic rings. The molecule has 0 aromatic carbocycles. The molecule has 2 heterocycles. The number of hydrogen-bond acceptors (Lipinski definition) is 5. The summed E-state index contributed by atoms with van der Waals surface area (Å²) in [4.78, 5) is 9.01. The third kappa shape index (κ3) is 7.28. The Kier molecular flexibility index (Phi) is 10.1. The minimum absolute atomic E-state index is 0.533. The number of imidazole rings is 1. The van der Waals surface area contributed by atoms with Crippen molar-refractivity contribution in [2.75, 3.05) is 19.0 Å². The Morgan fingerprint density at radius 1 is 1.33 bits per heavy atom. The van der Waals surface area contributed by atoms with Gasteiger partial charge in [-0.2, -0.15) is 0 Å². The number of ether oxygens (including phenoxy) is 1. The summed E-state index contributed by atoms with van der Waals surface area (Å²) in [7, 11) is 1.46. The van der Waals surface area contributed by atoms with E-state index in [-0.39, 0.29) is 0 Å². The Morgan fingerprint density at radius 2 is 1.93 bits per heavy atom. The summed E-state index contributed by atoms with van der Waals surface area (Å²) in [5.41, 5.74) is 2.84. The molecule has 0 amide bonds. The van der Waals surface area contributed by atoms with Crippen molar-refractivity contribution in [3.63, 3.8) is 0 Å². The smallest absolute Gasteiger partial charge is 0.163 e. The highest BCUT2D eigenvalue weighted by Crippen LogP contribution is 2.33. The lowest BCUT2D eigenvalue weighted by Gasteiger charge is -2.12. The van der Waals surface area contributed by atoms with E-state index in [0.29, 0.717) is 11.2 Å². The fourth-order valence-corrected chi connectivity index (χ4v) is 3.01. The predicted octanol–water partition coefficient (Wildman–Crippen LogP) is 5.41. The zero-order chi connectivity index (χ0) is 20.4. The summed E-state index contributed by atoms with van der Waals surface area (Å²) in [5, 5.41) is 12.5. The van der Waals surface area contributed by atoms with Gasteiger partial charge in [-0.15, -0.1) is 0 Å². The molecule has 27 heavy (non-hydrogen) atoms. The fraction of sp³-hybridized carbons (Fsp3) is 0.700. The number of pyridine rings is 1. The first kappa shape index (κ1) is 23.7. The van der Waals surface area contributed by atoms with Crippen LogP contribution < -0.4 is 5.32 Å². The first-order valence-electron chi connectivity index (χ1n) is 9.90. The molecule has 1 aliphatic carbocycles. The number of hydrogen-bond donors (Lipinski definition) is 2. The maximum Gasteiger partial charge on any atom is 0.163 e. The van der Waals surface area contributed by atoms with Crippen LogP contribution in [0, 0.1) is 0 Å². The molecule has 7 heteroatoms. The minimum Gasteiger partial charge on any atom is -0.383 e. The molecule has 0 bridgehead atoms. The number of methoxy groups -OCH3 is 1. The van der Waals surface area contributed by atoms with E-state index >= 15 is 0 Å². The number of fused-ring (bicyclic) bond motifs is 1. The van der Waals surface area contributed by atoms with Gasteiger partial charge in [-0.25, -0.2) is 9.97 Å². The number of aliphatic hydroxyl groups is 1. The Bertz CT molecular complexity index is 676. The highest BCUT2D eigenvalue weighted by molar-refractivity contribution is 6.30.